The van der Waals surface area contributed by atoms with Crippen molar-refractivity contribution >= 4 is 21.6 Å². The van der Waals surface area contributed by atoms with E-state index >= 15 is 0 Å². The lowest BCUT2D eigenvalue weighted by Crippen LogP contribution is -2.49. The quantitative estimate of drug-likeness (QED) is 0.652. The molecular weight excluding hydrogens is 310 g/mol. The van der Waals surface area contributed by atoms with E-state index in [0.717, 1.165) is 6.07 Å². The van der Waals surface area contributed by atoms with E-state index in [2.05, 4.69) is 5.32 Å². The number of nitro groups is 1. The summed E-state index contributed by atoms with van der Waals surface area (Å²) in [6.07, 6.45) is 1.33. The topological polar surface area (TPSA) is 110 Å². The highest BCUT2D eigenvalue weighted by atomic mass is 32.2. The Labute approximate surface area is 128 Å². The fourth-order valence-electron chi connectivity index (χ4n) is 2.47. The normalized spacial score (nSPS) is 19.6. The summed E-state index contributed by atoms with van der Waals surface area (Å²) in [5.41, 5.74) is -0.267. The van der Waals surface area contributed by atoms with Crippen LogP contribution in [-0.4, -0.2) is 42.7 Å². The first-order valence-electron chi connectivity index (χ1n) is 6.82. The largest absolute Gasteiger partial charge is 0.352 e. The first-order valence-corrected chi connectivity index (χ1v) is 8.26. The minimum Gasteiger partial charge on any atom is -0.352 e. The van der Waals surface area contributed by atoms with Crippen molar-refractivity contribution in [1.82, 2.24) is 9.62 Å². The second-order valence-corrected chi connectivity index (χ2v) is 7.10. The summed E-state index contributed by atoms with van der Waals surface area (Å²) in [5.74, 6) is -0.209. The molecule has 1 aliphatic rings. The number of nitrogens with zero attached hydrogens (tertiary/aromatic N) is 2. The van der Waals surface area contributed by atoms with E-state index in [4.69, 9.17) is 0 Å². The minimum absolute atomic E-state index is 0.106. The SMILES string of the molecule is CC(=O)N[C@@H]1CCCN(S(=O)(=O)c2cccc([N+](=O)[O-])c2)C1. The van der Waals surface area contributed by atoms with Gasteiger partial charge in [0, 0.05) is 38.2 Å². The summed E-state index contributed by atoms with van der Waals surface area (Å²) in [7, 11) is -3.81. The van der Waals surface area contributed by atoms with Crippen LogP contribution in [0.5, 0.6) is 0 Å². The van der Waals surface area contributed by atoms with E-state index in [1.807, 2.05) is 0 Å². The molecule has 0 radical (unpaired) electrons. The number of benzene rings is 1. The number of nitrogens with one attached hydrogen (secondary N) is 1. The average Bonchev–Trinajstić information content (AvgIpc) is 2.47. The summed E-state index contributed by atoms with van der Waals surface area (Å²) in [5, 5.41) is 13.5. The maximum atomic E-state index is 12.6. The van der Waals surface area contributed by atoms with E-state index < -0.39 is 14.9 Å². The Balaban J connectivity index is 2.24. The Morgan fingerprint density at radius 3 is 2.82 bits per heavy atom. The highest BCUT2D eigenvalue weighted by Crippen LogP contribution is 2.23. The monoisotopic (exact) mass is 327 g/mol. The molecule has 1 amide bonds. The summed E-state index contributed by atoms with van der Waals surface area (Å²) >= 11 is 0. The van der Waals surface area contributed by atoms with Crippen LogP contribution in [0, 0.1) is 10.1 Å². The molecule has 1 saturated heterocycles. The standard InChI is InChI=1S/C13H17N3O5S/c1-10(17)14-11-4-3-7-15(9-11)22(20,21)13-6-2-5-12(8-13)16(18)19/h2,5-6,8,11H,3-4,7,9H2,1H3,(H,14,17)/t11-/m1/s1. The van der Waals surface area contributed by atoms with Crippen LogP contribution >= 0.6 is 0 Å². The first-order chi connectivity index (χ1) is 10.3. The van der Waals surface area contributed by atoms with E-state index in [-0.39, 0.29) is 29.1 Å². The van der Waals surface area contributed by atoms with Crippen LogP contribution in [-0.2, 0) is 14.8 Å². The highest BCUT2D eigenvalue weighted by molar-refractivity contribution is 7.89. The fourth-order valence-corrected chi connectivity index (χ4v) is 4.04. The van der Waals surface area contributed by atoms with Gasteiger partial charge in [-0.05, 0) is 18.9 Å². The lowest BCUT2D eigenvalue weighted by atomic mass is 10.1. The van der Waals surface area contributed by atoms with Crippen molar-refractivity contribution in [1.29, 1.82) is 0 Å². The van der Waals surface area contributed by atoms with Crippen molar-refractivity contribution < 1.29 is 18.1 Å². The van der Waals surface area contributed by atoms with Crippen molar-refractivity contribution in [2.45, 2.75) is 30.7 Å². The summed E-state index contributed by atoms with van der Waals surface area (Å²) in [6.45, 7) is 1.89. The molecule has 22 heavy (non-hydrogen) atoms. The number of nitro benzene ring substituents is 1. The highest BCUT2D eigenvalue weighted by Gasteiger charge is 2.31. The lowest BCUT2D eigenvalue weighted by Gasteiger charge is -2.32. The molecule has 1 heterocycles. The second-order valence-electron chi connectivity index (χ2n) is 5.16. The molecule has 0 aromatic heterocycles. The third-order valence-electron chi connectivity index (χ3n) is 3.46. The zero-order valence-electron chi connectivity index (χ0n) is 12.1. The predicted octanol–water partition coefficient (Wildman–Crippen LogP) is 0.884. The average molecular weight is 327 g/mol. The number of sulfonamides is 1. The third kappa shape index (κ3) is 3.60. The smallest absolute Gasteiger partial charge is 0.270 e. The molecule has 1 aromatic carbocycles. The molecule has 0 unspecified atom stereocenters. The molecule has 1 aromatic rings. The molecule has 8 nitrogen and oxygen atoms in total. The number of non-ortho nitro benzene ring substituents is 1. The van der Waals surface area contributed by atoms with Gasteiger partial charge in [0.2, 0.25) is 15.9 Å². The zero-order chi connectivity index (χ0) is 16.3. The van der Waals surface area contributed by atoms with Gasteiger partial charge in [0.05, 0.1) is 9.82 Å². The molecular formula is C13H17N3O5S. The fraction of sp³-hybridized carbons (Fsp3) is 0.462. The maximum absolute atomic E-state index is 12.6. The number of hydrogen-bond donors (Lipinski definition) is 1. The van der Waals surface area contributed by atoms with Gasteiger partial charge in [0.15, 0.2) is 0 Å². The van der Waals surface area contributed by atoms with Crippen LogP contribution in [0.3, 0.4) is 0 Å². The lowest BCUT2D eigenvalue weighted by molar-refractivity contribution is -0.385. The van der Waals surface area contributed by atoms with Gasteiger partial charge in [0.1, 0.15) is 0 Å². The molecule has 1 N–H and O–H groups in total. The predicted molar refractivity (Wildman–Crippen MR) is 78.7 cm³/mol. The van der Waals surface area contributed by atoms with Crippen molar-refractivity contribution in [3.63, 3.8) is 0 Å². The van der Waals surface area contributed by atoms with Crippen LogP contribution in [0.25, 0.3) is 0 Å². The Bertz CT molecular complexity index is 689. The van der Waals surface area contributed by atoms with Crippen molar-refractivity contribution in [3.05, 3.63) is 34.4 Å². The number of hydrogen-bond acceptors (Lipinski definition) is 5. The Hall–Kier alpha value is -2.00. The minimum atomic E-state index is -3.81. The zero-order valence-corrected chi connectivity index (χ0v) is 12.9. The maximum Gasteiger partial charge on any atom is 0.270 e. The van der Waals surface area contributed by atoms with Gasteiger partial charge < -0.3 is 5.32 Å². The molecule has 0 saturated carbocycles. The van der Waals surface area contributed by atoms with Gasteiger partial charge in [-0.15, -0.1) is 0 Å². The van der Waals surface area contributed by atoms with Gasteiger partial charge in [-0.3, -0.25) is 14.9 Å². The van der Waals surface area contributed by atoms with E-state index in [1.165, 1.54) is 29.4 Å². The van der Waals surface area contributed by atoms with Crippen LogP contribution in [0.4, 0.5) is 5.69 Å². The Kier molecular flexibility index (Phi) is 4.77. The summed E-state index contributed by atoms with van der Waals surface area (Å²) < 4.78 is 26.4. The Morgan fingerprint density at radius 1 is 1.45 bits per heavy atom. The molecule has 2 rings (SSSR count). The Morgan fingerprint density at radius 2 is 2.18 bits per heavy atom. The first kappa shape index (κ1) is 16.4. The molecule has 0 spiro atoms. The van der Waals surface area contributed by atoms with Gasteiger partial charge >= 0.3 is 0 Å². The van der Waals surface area contributed by atoms with Crippen LogP contribution in [0.2, 0.25) is 0 Å². The molecule has 0 aliphatic carbocycles. The van der Waals surface area contributed by atoms with E-state index in [9.17, 15) is 23.3 Å². The summed E-state index contributed by atoms with van der Waals surface area (Å²) in [4.78, 5) is 21.1. The van der Waals surface area contributed by atoms with Crippen LogP contribution in [0.1, 0.15) is 19.8 Å². The number of piperidine rings is 1. The number of carbonyl (C=O) groups is 1. The molecule has 1 aliphatic heterocycles. The molecule has 0 bridgehead atoms. The number of amides is 1. The summed E-state index contributed by atoms with van der Waals surface area (Å²) in [6, 6.07) is 4.75. The molecule has 9 heteroatoms. The second kappa shape index (κ2) is 6.41. The van der Waals surface area contributed by atoms with Gasteiger partial charge in [0.25, 0.3) is 5.69 Å². The van der Waals surface area contributed by atoms with E-state index in [0.29, 0.717) is 19.4 Å². The van der Waals surface area contributed by atoms with Gasteiger partial charge in [-0.2, -0.15) is 4.31 Å². The van der Waals surface area contributed by atoms with Crippen molar-refractivity contribution in [3.8, 4) is 0 Å². The third-order valence-corrected chi connectivity index (χ3v) is 5.32. The van der Waals surface area contributed by atoms with Crippen LogP contribution in [0.15, 0.2) is 29.2 Å². The number of carbonyl (C=O) groups excluding carboxylic acids is 1. The molecule has 1 fully saturated rings. The van der Waals surface area contributed by atoms with Gasteiger partial charge in [-0.25, -0.2) is 8.42 Å². The van der Waals surface area contributed by atoms with Gasteiger partial charge in [-0.1, -0.05) is 6.07 Å². The van der Waals surface area contributed by atoms with Crippen LogP contribution < -0.4 is 5.32 Å². The molecule has 1 atom stereocenters. The van der Waals surface area contributed by atoms with E-state index in [1.54, 1.807) is 0 Å². The van der Waals surface area contributed by atoms with Crippen molar-refractivity contribution in [2.24, 2.45) is 0 Å². The number of rotatable bonds is 4. The van der Waals surface area contributed by atoms with Crippen molar-refractivity contribution in [2.75, 3.05) is 13.1 Å². The molecule has 120 valence electrons.